The van der Waals surface area contributed by atoms with Crippen molar-refractivity contribution in [3.63, 3.8) is 0 Å². The maximum atomic E-state index is 10.6. The summed E-state index contributed by atoms with van der Waals surface area (Å²) < 4.78 is 0. The maximum Gasteiger partial charge on any atom is 0.212 e. The number of amidine groups is 1. The molecular formula is C14H17N3OS. The molecule has 1 amide bonds. The predicted octanol–water partition coefficient (Wildman–Crippen LogP) is 3.29. The molecule has 19 heavy (non-hydrogen) atoms. The standard InChI is InChI=1S/C14H17N3OS/c1-10-8-19-14(12(10)3)17-13(16-9-18)7-5-4-6-11(2)15/h4-9,15H,1-3H3,(H,16,17,18)/b6-4-,7-5+,15-11?. The Bertz CT molecular complexity index is 553. The molecular weight excluding hydrogens is 258 g/mol. The van der Waals surface area contributed by atoms with Crippen LogP contribution in [0.5, 0.6) is 0 Å². The number of nitrogens with one attached hydrogen (secondary N) is 2. The van der Waals surface area contributed by atoms with Crippen molar-refractivity contribution in [2.24, 2.45) is 4.99 Å². The Hall–Kier alpha value is -2.01. The van der Waals surface area contributed by atoms with E-state index in [0.717, 1.165) is 10.6 Å². The Morgan fingerprint density at radius 2 is 2.05 bits per heavy atom. The SMILES string of the molecule is CC(=N)\C=C/C=C/C(=N/c1scc(C)c1C)NC=O. The number of aliphatic imine (C=N–C) groups is 1. The van der Waals surface area contributed by atoms with E-state index in [1.165, 1.54) is 5.56 Å². The molecule has 0 radical (unpaired) electrons. The third-order valence-electron chi connectivity index (χ3n) is 2.40. The van der Waals surface area contributed by atoms with Crippen LogP contribution in [-0.2, 0) is 4.79 Å². The van der Waals surface area contributed by atoms with Crippen LogP contribution in [0.25, 0.3) is 0 Å². The van der Waals surface area contributed by atoms with Gasteiger partial charge >= 0.3 is 0 Å². The number of amides is 1. The van der Waals surface area contributed by atoms with E-state index >= 15 is 0 Å². The van der Waals surface area contributed by atoms with Gasteiger partial charge in [0.25, 0.3) is 0 Å². The van der Waals surface area contributed by atoms with Gasteiger partial charge in [0.05, 0.1) is 0 Å². The zero-order valence-corrected chi connectivity index (χ0v) is 12.0. The van der Waals surface area contributed by atoms with Gasteiger partial charge in [0.15, 0.2) is 0 Å². The number of aryl methyl sites for hydroxylation is 1. The van der Waals surface area contributed by atoms with Gasteiger partial charge in [0.1, 0.15) is 10.8 Å². The summed E-state index contributed by atoms with van der Waals surface area (Å²) in [6.07, 6.45) is 7.43. The van der Waals surface area contributed by atoms with Gasteiger partial charge in [0.2, 0.25) is 6.41 Å². The van der Waals surface area contributed by atoms with Crippen molar-refractivity contribution >= 4 is 34.3 Å². The number of thiophene rings is 1. The monoisotopic (exact) mass is 275 g/mol. The van der Waals surface area contributed by atoms with Gasteiger partial charge < -0.3 is 10.7 Å². The van der Waals surface area contributed by atoms with Gasteiger partial charge in [-0.15, -0.1) is 11.3 Å². The van der Waals surface area contributed by atoms with Crippen LogP contribution in [0.3, 0.4) is 0 Å². The van der Waals surface area contributed by atoms with Gasteiger partial charge in [-0.25, -0.2) is 4.99 Å². The summed E-state index contributed by atoms with van der Waals surface area (Å²) in [5.74, 6) is 0.479. The minimum atomic E-state index is 0.469. The number of hydrogen-bond donors (Lipinski definition) is 2. The Morgan fingerprint density at radius 3 is 2.58 bits per heavy atom. The second-order valence-corrected chi connectivity index (χ2v) is 4.87. The Morgan fingerprint density at radius 1 is 1.37 bits per heavy atom. The number of carbonyl (C=O) groups is 1. The molecule has 1 aromatic heterocycles. The van der Waals surface area contributed by atoms with E-state index in [1.807, 2.05) is 19.2 Å². The molecule has 0 fully saturated rings. The van der Waals surface area contributed by atoms with Crippen LogP contribution < -0.4 is 5.32 Å². The molecule has 1 rings (SSSR count). The molecule has 0 bridgehead atoms. The van der Waals surface area contributed by atoms with Gasteiger partial charge in [0, 0.05) is 5.71 Å². The smallest absolute Gasteiger partial charge is 0.212 e. The van der Waals surface area contributed by atoms with E-state index in [4.69, 9.17) is 5.41 Å². The first-order valence-electron chi connectivity index (χ1n) is 5.78. The quantitative estimate of drug-likeness (QED) is 0.368. The van der Waals surface area contributed by atoms with E-state index in [2.05, 4.69) is 10.3 Å². The topological polar surface area (TPSA) is 65.3 Å². The Labute approximate surface area is 117 Å². The van der Waals surface area contributed by atoms with Crippen molar-refractivity contribution in [2.75, 3.05) is 0 Å². The zero-order chi connectivity index (χ0) is 14.3. The number of hydrogen-bond acceptors (Lipinski definition) is 4. The molecule has 0 spiro atoms. The number of carbonyl (C=O) groups excluding carboxylic acids is 1. The molecule has 0 aliphatic heterocycles. The minimum Gasteiger partial charge on any atom is -0.313 e. The summed E-state index contributed by atoms with van der Waals surface area (Å²) in [5.41, 5.74) is 2.78. The van der Waals surface area contributed by atoms with Crippen molar-refractivity contribution in [2.45, 2.75) is 20.8 Å². The predicted molar refractivity (Wildman–Crippen MR) is 81.8 cm³/mol. The van der Waals surface area contributed by atoms with Crippen LogP contribution in [-0.4, -0.2) is 18.0 Å². The lowest BCUT2D eigenvalue weighted by Crippen LogP contribution is -2.18. The summed E-state index contributed by atoms with van der Waals surface area (Å²) in [5, 5.41) is 12.7. The molecule has 1 aromatic rings. The Balaban J connectivity index is 2.91. The van der Waals surface area contributed by atoms with Crippen LogP contribution in [0.1, 0.15) is 18.1 Å². The van der Waals surface area contributed by atoms with Crippen molar-refractivity contribution in [3.05, 3.63) is 40.8 Å². The van der Waals surface area contributed by atoms with E-state index in [9.17, 15) is 4.79 Å². The molecule has 4 nitrogen and oxygen atoms in total. The minimum absolute atomic E-state index is 0.469. The van der Waals surface area contributed by atoms with Crippen LogP contribution in [0.2, 0.25) is 0 Å². The third-order valence-corrected chi connectivity index (χ3v) is 3.49. The van der Waals surface area contributed by atoms with Crippen LogP contribution in [0, 0.1) is 19.3 Å². The van der Waals surface area contributed by atoms with Crippen molar-refractivity contribution < 1.29 is 4.79 Å². The average Bonchev–Trinajstić information content (AvgIpc) is 2.66. The molecule has 0 atom stereocenters. The van der Waals surface area contributed by atoms with Gasteiger partial charge in [-0.05, 0) is 49.4 Å². The van der Waals surface area contributed by atoms with E-state index < -0.39 is 0 Å². The summed E-state index contributed by atoms with van der Waals surface area (Å²) in [7, 11) is 0. The van der Waals surface area contributed by atoms with Crippen LogP contribution >= 0.6 is 11.3 Å². The summed E-state index contributed by atoms with van der Waals surface area (Å²) in [4.78, 5) is 15.0. The second kappa shape index (κ2) is 7.43. The fourth-order valence-electron chi connectivity index (χ4n) is 1.23. The highest BCUT2D eigenvalue weighted by Crippen LogP contribution is 2.29. The van der Waals surface area contributed by atoms with Crippen LogP contribution in [0.15, 0.2) is 34.7 Å². The number of allylic oxidation sites excluding steroid dienone is 3. The molecule has 0 aliphatic rings. The van der Waals surface area contributed by atoms with Crippen LogP contribution in [0.4, 0.5) is 5.00 Å². The van der Waals surface area contributed by atoms with E-state index in [-0.39, 0.29) is 0 Å². The average molecular weight is 275 g/mol. The highest BCUT2D eigenvalue weighted by molar-refractivity contribution is 7.14. The first-order valence-corrected chi connectivity index (χ1v) is 6.66. The highest BCUT2D eigenvalue weighted by Gasteiger charge is 2.03. The van der Waals surface area contributed by atoms with Crippen molar-refractivity contribution in [3.8, 4) is 0 Å². The Kier molecular flexibility index (Phi) is 5.89. The molecule has 2 N–H and O–H groups in total. The maximum absolute atomic E-state index is 10.6. The molecule has 0 aromatic carbocycles. The largest absolute Gasteiger partial charge is 0.313 e. The first kappa shape index (κ1) is 15.0. The van der Waals surface area contributed by atoms with E-state index in [0.29, 0.717) is 18.0 Å². The first-order chi connectivity index (χ1) is 9.04. The van der Waals surface area contributed by atoms with Gasteiger partial charge in [-0.1, -0.05) is 12.2 Å². The number of rotatable bonds is 5. The fourth-order valence-corrected chi connectivity index (χ4v) is 2.19. The summed E-state index contributed by atoms with van der Waals surface area (Å²) in [6.45, 7) is 5.73. The molecule has 1 heterocycles. The molecule has 5 heteroatoms. The molecule has 0 aliphatic carbocycles. The molecule has 0 unspecified atom stereocenters. The normalized spacial score (nSPS) is 12.3. The molecule has 100 valence electrons. The van der Waals surface area contributed by atoms with Crippen molar-refractivity contribution in [1.29, 1.82) is 5.41 Å². The lowest BCUT2D eigenvalue weighted by Gasteiger charge is -1.98. The van der Waals surface area contributed by atoms with E-state index in [1.54, 1.807) is 42.6 Å². The lowest BCUT2D eigenvalue weighted by molar-refractivity contribution is -0.108. The highest BCUT2D eigenvalue weighted by atomic mass is 32.1. The van der Waals surface area contributed by atoms with Crippen molar-refractivity contribution in [1.82, 2.24) is 5.32 Å². The van der Waals surface area contributed by atoms with Gasteiger partial charge in [-0.3, -0.25) is 4.79 Å². The summed E-state index contributed by atoms with van der Waals surface area (Å²) in [6, 6.07) is 0. The summed E-state index contributed by atoms with van der Waals surface area (Å²) >= 11 is 1.55. The molecule has 0 saturated carbocycles. The fraction of sp³-hybridized carbons (Fsp3) is 0.214. The zero-order valence-electron chi connectivity index (χ0n) is 11.2. The lowest BCUT2D eigenvalue weighted by atomic mass is 10.2. The third kappa shape index (κ3) is 5.01. The molecule has 0 saturated heterocycles. The second-order valence-electron chi connectivity index (χ2n) is 4.01. The number of nitrogens with zero attached hydrogens (tertiary/aromatic N) is 1. The van der Waals surface area contributed by atoms with Gasteiger partial charge in [-0.2, -0.15) is 0 Å².